The molecule has 0 bridgehead atoms. The molecule has 18 heavy (non-hydrogen) atoms. The Morgan fingerprint density at radius 3 is 3.00 bits per heavy atom. The van der Waals surface area contributed by atoms with E-state index in [1.54, 1.807) is 6.07 Å². The smallest absolute Gasteiger partial charge is 0.372 e. The molecule has 0 spiro atoms. The highest BCUT2D eigenvalue weighted by atomic mass is 32.2. The van der Waals surface area contributed by atoms with E-state index in [2.05, 4.69) is 6.92 Å². The molecule has 1 aromatic heterocycles. The number of furan rings is 1. The molecule has 1 fully saturated rings. The molecule has 5 heteroatoms. The van der Waals surface area contributed by atoms with Crippen LogP contribution in [0.15, 0.2) is 16.7 Å². The maximum absolute atomic E-state index is 12.3. The van der Waals surface area contributed by atoms with Gasteiger partial charge >= 0.3 is 5.97 Å². The summed E-state index contributed by atoms with van der Waals surface area (Å²) in [5, 5.41) is 9.13. The van der Waals surface area contributed by atoms with E-state index in [1.165, 1.54) is 12.7 Å². The highest BCUT2D eigenvalue weighted by Gasteiger charge is 2.25. The van der Waals surface area contributed by atoms with Gasteiger partial charge in [0.25, 0.3) is 0 Å². The van der Waals surface area contributed by atoms with Crippen LogP contribution >= 0.6 is 0 Å². The van der Waals surface area contributed by atoms with Crippen molar-refractivity contribution in [3.8, 4) is 0 Å². The lowest BCUT2D eigenvalue weighted by Gasteiger charge is -2.25. The minimum absolute atomic E-state index is 0.0767. The number of hydrogen-bond donors (Lipinski definition) is 1. The molecule has 0 aromatic carbocycles. The Labute approximate surface area is 109 Å². The second kappa shape index (κ2) is 5.69. The Kier molecular flexibility index (Phi) is 4.22. The van der Waals surface area contributed by atoms with E-state index in [-0.39, 0.29) is 16.8 Å². The van der Waals surface area contributed by atoms with Gasteiger partial charge in [0, 0.05) is 21.6 Å². The van der Waals surface area contributed by atoms with Crippen molar-refractivity contribution in [1.82, 2.24) is 0 Å². The van der Waals surface area contributed by atoms with Crippen LogP contribution in [0.2, 0.25) is 0 Å². The van der Waals surface area contributed by atoms with Gasteiger partial charge in [0.05, 0.1) is 12.0 Å². The van der Waals surface area contributed by atoms with Gasteiger partial charge < -0.3 is 9.52 Å². The van der Waals surface area contributed by atoms with Crippen LogP contribution in [0.1, 0.15) is 48.7 Å². The van der Waals surface area contributed by atoms with E-state index >= 15 is 0 Å². The van der Waals surface area contributed by atoms with Crippen molar-refractivity contribution in [2.45, 2.75) is 43.6 Å². The number of hydrogen-bond acceptors (Lipinski definition) is 3. The molecule has 1 N–H and O–H groups in total. The van der Waals surface area contributed by atoms with Gasteiger partial charge in [-0.15, -0.1) is 0 Å². The van der Waals surface area contributed by atoms with Crippen molar-refractivity contribution >= 4 is 16.8 Å². The van der Waals surface area contributed by atoms with E-state index in [9.17, 15) is 9.00 Å². The molecule has 1 saturated carbocycles. The fourth-order valence-corrected chi connectivity index (χ4v) is 4.27. The molecular formula is C13H18O4S. The van der Waals surface area contributed by atoms with Crippen LogP contribution in [0.4, 0.5) is 0 Å². The number of aromatic carboxylic acids is 1. The maximum Gasteiger partial charge on any atom is 0.372 e. The Bertz CT molecular complexity index is 452. The lowest BCUT2D eigenvalue weighted by atomic mass is 9.91. The fraction of sp³-hybridized carbons (Fsp3) is 0.615. The monoisotopic (exact) mass is 270 g/mol. The van der Waals surface area contributed by atoms with Crippen LogP contribution in [-0.2, 0) is 16.6 Å². The van der Waals surface area contributed by atoms with Crippen LogP contribution < -0.4 is 0 Å². The normalized spacial score (nSPS) is 25.8. The van der Waals surface area contributed by atoms with Crippen molar-refractivity contribution in [3.05, 3.63) is 23.7 Å². The minimum Gasteiger partial charge on any atom is -0.475 e. The van der Waals surface area contributed by atoms with E-state index in [4.69, 9.17) is 9.52 Å². The average molecular weight is 270 g/mol. The number of rotatable bonds is 4. The van der Waals surface area contributed by atoms with E-state index < -0.39 is 16.8 Å². The van der Waals surface area contributed by atoms with Crippen molar-refractivity contribution in [2.75, 3.05) is 0 Å². The number of carboxylic acids is 1. The van der Waals surface area contributed by atoms with Crippen LogP contribution in [0, 0.1) is 5.92 Å². The summed E-state index contributed by atoms with van der Waals surface area (Å²) in [5.41, 5.74) is 0.541. The predicted octanol–water partition coefficient (Wildman–Crippen LogP) is 2.81. The molecule has 1 aromatic rings. The fourth-order valence-electron chi connectivity index (χ4n) is 2.53. The van der Waals surface area contributed by atoms with Gasteiger partial charge in [0.15, 0.2) is 0 Å². The molecule has 3 unspecified atom stereocenters. The Morgan fingerprint density at radius 2 is 2.33 bits per heavy atom. The second-order valence-electron chi connectivity index (χ2n) is 5.00. The molecule has 3 atom stereocenters. The summed E-state index contributed by atoms with van der Waals surface area (Å²) in [6.45, 7) is 2.18. The van der Waals surface area contributed by atoms with Crippen LogP contribution in [-0.4, -0.2) is 20.5 Å². The summed E-state index contributed by atoms with van der Waals surface area (Å²) < 4.78 is 17.2. The third-order valence-electron chi connectivity index (χ3n) is 3.50. The molecule has 4 nitrogen and oxygen atoms in total. The van der Waals surface area contributed by atoms with Crippen LogP contribution in [0.25, 0.3) is 0 Å². The van der Waals surface area contributed by atoms with E-state index in [1.807, 2.05) is 0 Å². The van der Waals surface area contributed by atoms with Crippen LogP contribution in [0.3, 0.4) is 0 Å². The maximum atomic E-state index is 12.3. The van der Waals surface area contributed by atoms with E-state index in [0.717, 1.165) is 19.3 Å². The summed E-state index contributed by atoms with van der Waals surface area (Å²) in [5.74, 6) is -0.262. The summed E-state index contributed by atoms with van der Waals surface area (Å²) >= 11 is 0. The molecule has 0 aliphatic heterocycles. The predicted molar refractivity (Wildman–Crippen MR) is 68.9 cm³/mol. The first-order valence-electron chi connectivity index (χ1n) is 6.24. The topological polar surface area (TPSA) is 67.5 Å². The van der Waals surface area contributed by atoms with Gasteiger partial charge in [0.2, 0.25) is 5.76 Å². The molecule has 100 valence electrons. The lowest BCUT2D eigenvalue weighted by molar-refractivity contribution is 0.0661. The summed E-state index contributed by atoms with van der Waals surface area (Å²) in [6, 6.07) is 1.60. The zero-order valence-corrected chi connectivity index (χ0v) is 11.2. The zero-order chi connectivity index (χ0) is 13.1. The van der Waals surface area contributed by atoms with Crippen molar-refractivity contribution in [3.63, 3.8) is 0 Å². The molecule has 1 aliphatic carbocycles. The highest BCUT2D eigenvalue weighted by Crippen LogP contribution is 2.28. The Balaban J connectivity index is 2.02. The van der Waals surface area contributed by atoms with Gasteiger partial charge in [0.1, 0.15) is 0 Å². The van der Waals surface area contributed by atoms with Crippen molar-refractivity contribution in [2.24, 2.45) is 5.92 Å². The average Bonchev–Trinajstić information content (AvgIpc) is 2.77. The first-order valence-corrected chi connectivity index (χ1v) is 7.63. The molecule has 0 saturated heterocycles. The first kappa shape index (κ1) is 13.3. The standard InChI is InChI=1S/C13H18O4S/c1-9-3-2-4-11(7-9)18(16)8-10-5-6-17-12(10)13(14)15/h5-6,9,11H,2-4,7-8H2,1H3,(H,14,15). The number of carboxylic acid groups (broad SMARTS) is 1. The van der Waals surface area contributed by atoms with Gasteiger partial charge in [-0.25, -0.2) is 4.79 Å². The molecular weight excluding hydrogens is 252 g/mol. The third-order valence-corrected chi connectivity index (χ3v) is 5.27. The first-order chi connectivity index (χ1) is 8.58. The third kappa shape index (κ3) is 3.02. The lowest BCUT2D eigenvalue weighted by Crippen LogP contribution is -2.24. The Hall–Kier alpha value is -1.10. The quantitative estimate of drug-likeness (QED) is 0.913. The van der Waals surface area contributed by atoms with E-state index in [0.29, 0.717) is 11.5 Å². The highest BCUT2D eigenvalue weighted by molar-refractivity contribution is 7.84. The van der Waals surface area contributed by atoms with Gasteiger partial charge in [-0.3, -0.25) is 4.21 Å². The van der Waals surface area contributed by atoms with Crippen LogP contribution in [0.5, 0.6) is 0 Å². The zero-order valence-electron chi connectivity index (χ0n) is 10.4. The van der Waals surface area contributed by atoms with Gasteiger partial charge in [-0.2, -0.15) is 0 Å². The van der Waals surface area contributed by atoms with Crippen molar-refractivity contribution < 1.29 is 18.5 Å². The SMILES string of the molecule is CC1CCCC(S(=O)Cc2ccoc2C(=O)O)C1. The molecule has 2 rings (SSSR count). The molecule has 0 amide bonds. The molecule has 1 heterocycles. The summed E-state index contributed by atoms with van der Waals surface area (Å²) in [7, 11) is -1.01. The second-order valence-corrected chi connectivity index (χ2v) is 6.72. The minimum atomic E-state index is -1.09. The van der Waals surface area contributed by atoms with Crippen molar-refractivity contribution in [1.29, 1.82) is 0 Å². The summed E-state index contributed by atoms with van der Waals surface area (Å²) in [6.07, 6.45) is 5.64. The molecule has 0 radical (unpaired) electrons. The summed E-state index contributed by atoms with van der Waals surface area (Å²) in [4.78, 5) is 10.9. The largest absolute Gasteiger partial charge is 0.475 e. The van der Waals surface area contributed by atoms with Gasteiger partial charge in [-0.05, 0) is 24.8 Å². The number of carbonyl (C=O) groups is 1. The Morgan fingerprint density at radius 1 is 1.56 bits per heavy atom. The van der Waals surface area contributed by atoms with Gasteiger partial charge in [-0.1, -0.05) is 19.8 Å². The molecule has 1 aliphatic rings.